The van der Waals surface area contributed by atoms with E-state index in [4.69, 9.17) is 4.52 Å². The van der Waals surface area contributed by atoms with Crippen LogP contribution in [-0.4, -0.2) is 39.1 Å². The van der Waals surface area contributed by atoms with Gasteiger partial charge >= 0.3 is 0 Å². The van der Waals surface area contributed by atoms with Crippen LogP contribution in [0.15, 0.2) is 10.7 Å². The van der Waals surface area contributed by atoms with E-state index in [0.29, 0.717) is 17.4 Å². The number of hydrogen-bond acceptors (Lipinski definition) is 6. The summed E-state index contributed by atoms with van der Waals surface area (Å²) >= 11 is 0. The lowest BCUT2D eigenvalue weighted by Gasteiger charge is -1.90. The second kappa shape index (κ2) is 3.97. The van der Waals surface area contributed by atoms with Crippen molar-refractivity contribution in [1.29, 1.82) is 0 Å². The van der Waals surface area contributed by atoms with E-state index in [2.05, 4.69) is 30.9 Å². The molecular formula is C7H10N6O. The van der Waals surface area contributed by atoms with Crippen LogP contribution in [-0.2, 0) is 6.42 Å². The second-order valence-electron chi connectivity index (χ2n) is 2.72. The Labute approximate surface area is 79.9 Å². The highest BCUT2D eigenvalue weighted by Crippen LogP contribution is 2.11. The molecule has 7 nitrogen and oxygen atoms in total. The lowest BCUT2D eigenvalue weighted by Crippen LogP contribution is -2.10. The number of nitrogens with zero attached hydrogens (tertiary/aromatic N) is 4. The fourth-order valence-corrected chi connectivity index (χ4v) is 1.00. The molecule has 0 saturated heterocycles. The number of nitrogens with one attached hydrogen (secondary N) is 2. The molecule has 0 aliphatic rings. The monoisotopic (exact) mass is 194 g/mol. The largest absolute Gasteiger partial charge is 0.332 e. The fourth-order valence-electron chi connectivity index (χ4n) is 1.00. The molecule has 2 aromatic rings. The van der Waals surface area contributed by atoms with E-state index in [1.807, 2.05) is 7.05 Å². The van der Waals surface area contributed by atoms with Gasteiger partial charge in [0.15, 0.2) is 11.5 Å². The van der Waals surface area contributed by atoms with Crippen LogP contribution in [0.1, 0.15) is 5.82 Å². The summed E-state index contributed by atoms with van der Waals surface area (Å²) in [7, 11) is 1.87. The number of H-pyrrole nitrogens is 1. The standard InChI is InChI=1S/C7H10N6O/c1-8-3-2-6-10-7(14-12-6)5-4-9-13-11-5/h4,8H,2-3H2,1H3,(H,9,11,13). The first-order chi connectivity index (χ1) is 6.90. The highest BCUT2D eigenvalue weighted by molar-refractivity contribution is 5.42. The van der Waals surface area contributed by atoms with Crippen LogP contribution in [0, 0.1) is 0 Å². The molecule has 0 spiro atoms. The van der Waals surface area contributed by atoms with E-state index in [1.54, 1.807) is 0 Å². The zero-order valence-corrected chi connectivity index (χ0v) is 7.69. The Morgan fingerprint density at radius 2 is 2.50 bits per heavy atom. The molecule has 2 rings (SSSR count). The first-order valence-electron chi connectivity index (χ1n) is 4.23. The molecule has 0 amide bonds. The minimum atomic E-state index is 0.393. The van der Waals surface area contributed by atoms with E-state index in [9.17, 15) is 0 Å². The maximum atomic E-state index is 4.99. The fraction of sp³-hybridized carbons (Fsp3) is 0.429. The first-order valence-corrected chi connectivity index (χ1v) is 4.23. The lowest BCUT2D eigenvalue weighted by atomic mass is 10.4. The maximum Gasteiger partial charge on any atom is 0.280 e. The Hall–Kier alpha value is -1.76. The predicted octanol–water partition coefficient (Wildman–Crippen LogP) is -0.383. The number of likely N-dealkylation sites (N-methyl/N-ethyl adjacent to an activating group) is 1. The Morgan fingerprint density at radius 3 is 3.21 bits per heavy atom. The van der Waals surface area contributed by atoms with Gasteiger partial charge in [-0.15, -0.1) is 0 Å². The predicted molar refractivity (Wildman–Crippen MR) is 47.3 cm³/mol. The van der Waals surface area contributed by atoms with Gasteiger partial charge in [0.1, 0.15) is 0 Å². The van der Waals surface area contributed by atoms with Crippen LogP contribution >= 0.6 is 0 Å². The number of aromatic amines is 1. The summed E-state index contributed by atoms with van der Waals surface area (Å²) in [4.78, 5) is 4.15. The van der Waals surface area contributed by atoms with E-state index >= 15 is 0 Å². The van der Waals surface area contributed by atoms with Gasteiger partial charge < -0.3 is 9.84 Å². The summed E-state index contributed by atoms with van der Waals surface area (Å²) in [6, 6.07) is 0. The van der Waals surface area contributed by atoms with Crippen LogP contribution in [0.5, 0.6) is 0 Å². The zero-order chi connectivity index (χ0) is 9.80. The summed E-state index contributed by atoms with van der Waals surface area (Å²) in [6.45, 7) is 0.817. The molecule has 0 unspecified atom stereocenters. The second-order valence-corrected chi connectivity index (χ2v) is 2.72. The molecule has 0 aliphatic carbocycles. The molecule has 2 aromatic heterocycles. The van der Waals surface area contributed by atoms with Crippen molar-refractivity contribution in [2.75, 3.05) is 13.6 Å². The number of hydrogen-bond donors (Lipinski definition) is 2. The molecule has 0 aromatic carbocycles. The van der Waals surface area contributed by atoms with Gasteiger partial charge in [0.25, 0.3) is 5.89 Å². The maximum absolute atomic E-state index is 4.99. The molecule has 74 valence electrons. The average molecular weight is 194 g/mol. The van der Waals surface area contributed by atoms with Crippen molar-refractivity contribution in [3.05, 3.63) is 12.0 Å². The van der Waals surface area contributed by atoms with Gasteiger partial charge in [-0.2, -0.15) is 20.4 Å². The van der Waals surface area contributed by atoms with Gasteiger partial charge in [-0.25, -0.2) is 0 Å². The lowest BCUT2D eigenvalue weighted by molar-refractivity contribution is 0.421. The third-order valence-corrected chi connectivity index (χ3v) is 1.70. The Bertz CT molecular complexity index is 381. The molecule has 0 aliphatic heterocycles. The topological polar surface area (TPSA) is 92.5 Å². The van der Waals surface area contributed by atoms with Crippen molar-refractivity contribution in [1.82, 2.24) is 30.9 Å². The van der Waals surface area contributed by atoms with Crippen molar-refractivity contribution in [2.24, 2.45) is 0 Å². The minimum absolute atomic E-state index is 0.393. The third-order valence-electron chi connectivity index (χ3n) is 1.70. The Kier molecular flexibility index (Phi) is 2.50. The van der Waals surface area contributed by atoms with E-state index in [1.165, 1.54) is 6.20 Å². The number of aromatic nitrogens is 5. The van der Waals surface area contributed by atoms with Crippen LogP contribution in [0.3, 0.4) is 0 Å². The molecule has 7 heteroatoms. The molecule has 0 bridgehead atoms. The Balaban J connectivity index is 2.10. The molecule has 2 heterocycles. The highest BCUT2D eigenvalue weighted by atomic mass is 16.5. The molecule has 0 radical (unpaired) electrons. The molecule has 0 fully saturated rings. The van der Waals surface area contributed by atoms with E-state index in [0.717, 1.165) is 13.0 Å². The molecular weight excluding hydrogens is 184 g/mol. The normalized spacial score (nSPS) is 10.6. The third kappa shape index (κ3) is 1.77. The molecule has 0 saturated carbocycles. The van der Waals surface area contributed by atoms with Crippen molar-refractivity contribution >= 4 is 0 Å². The van der Waals surface area contributed by atoms with Gasteiger partial charge in [-0.1, -0.05) is 5.16 Å². The smallest absolute Gasteiger partial charge is 0.280 e. The van der Waals surface area contributed by atoms with Crippen LogP contribution in [0.25, 0.3) is 11.6 Å². The van der Waals surface area contributed by atoms with Crippen molar-refractivity contribution in [3.63, 3.8) is 0 Å². The van der Waals surface area contributed by atoms with E-state index < -0.39 is 0 Å². The summed E-state index contributed by atoms with van der Waals surface area (Å²) in [6.07, 6.45) is 2.27. The summed E-state index contributed by atoms with van der Waals surface area (Å²) in [5.74, 6) is 1.06. The van der Waals surface area contributed by atoms with Crippen LogP contribution in [0.2, 0.25) is 0 Å². The van der Waals surface area contributed by atoms with Crippen molar-refractivity contribution < 1.29 is 4.52 Å². The van der Waals surface area contributed by atoms with Crippen LogP contribution in [0.4, 0.5) is 0 Å². The van der Waals surface area contributed by atoms with Crippen LogP contribution < -0.4 is 5.32 Å². The summed E-state index contributed by atoms with van der Waals surface area (Å²) < 4.78 is 4.99. The first kappa shape index (κ1) is 8.82. The van der Waals surface area contributed by atoms with Gasteiger partial charge in [-0.3, -0.25) is 0 Å². The quantitative estimate of drug-likeness (QED) is 0.689. The van der Waals surface area contributed by atoms with Crippen molar-refractivity contribution in [2.45, 2.75) is 6.42 Å². The van der Waals surface area contributed by atoms with Crippen molar-refractivity contribution in [3.8, 4) is 11.6 Å². The zero-order valence-electron chi connectivity index (χ0n) is 7.69. The molecule has 2 N–H and O–H groups in total. The van der Waals surface area contributed by atoms with Gasteiger partial charge in [-0.05, 0) is 7.05 Å². The van der Waals surface area contributed by atoms with Gasteiger partial charge in [0.05, 0.1) is 6.20 Å². The Morgan fingerprint density at radius 1 is 1.57 bits per heavy atom. The summed E-state index contributed by atoms with van der Waals surface area (Å²) in [5, 5.41) is 16.8. The highest BCUT2D eigenvalue weighted by Gasteiger charge is 2.10. The minimum Gasteiger partial charge on any atom is -0.332 e. The number of rotatable bonds is 4. The van der Waals surface area contributed by atoms with E-state index in [-0.39, 0.29) is 0 Å². The van der Waals surface area contributed by atoms with Gasteiger partial charge in [0, 0.05) is 13.0 Å². The average Bonchev–Trinajstić information content (AvgIpc) is 2.85. The SMILES string of the molecule is CNCCc1noc(-c2cn[nH]n2)n1. The van der Waals surface area contributed by atoms with Gasteiger partial charge in [0.2, 0.25) is 0 Å². The molecule has 14 heavy (non-hydrogen) atoms. The molecule has 0 atom stereocenters. The summed E-state index contributed by atoms with van der Waals surface area (Å²) in [5.41, 5.74) is 0.563.